The number of carbonyl (C=O) groups excluding carboxylic acids is 1. The third-order valence-electron chi connectivity index (χ3n) is 2.61. The Balaban J connectivity index is 2.06. The van der Waals surface area contributed by atoms with Crippen LogP contribution in [0.2, 0.25) is 0 Å². The van der Waals surface area contributed by atoms with Gasteiger partial charge in [-0.25, -0.2) is 4.39 Å². The molecule has 2 aromatic rings. The lowest BCUT2D eigenvalue weighted by Crippen LogP contribution is -2.12. The highest BCUT2D eigenvalue weighted by Crippen LogP contribution is 2.11. The van der Waals surface area contributed by atoms with Crippen molar-refractivity contribution < 1.29 is 9.18 Å². The highest BCUT2D eigenvalue weighted by atomic mass is 19.1. The molecule has 0 saturated heterocycles. The molecule has 0 spiro atoms. The molecule has 0 atom stereocenters. The molecule has 0 aliphatic carbocycles. The monoisotopic (exact) mass is 259 g/mol. The van der Waals surface area contributed by atoms with Crippen LogP contribution in [-0.4, -0.2) is 17.4 Å². The fourth-order valence-electron chi connectivity index (χ4n) is 1.66. The molecule has 0 unspecified atom stereocenters. The van der Waals surface area contributed by atoms with Gasteiger partial charge in [-0.3, -0.25) is 9.78 Å². The second-order valence-corrected chi connectivity index (χ2v) is 4.08. The zero-order valence-corrected chi connectivity index (χ0v) is 10.3. The average molecular weight is 259 g/mol. The van der Waals surface area contributed by atoms with Gasteiger partial charge in [-0.05, 0) is 36.7 Å². The van der Waals surface area contributed by atoms with E-state index >= 15 is 0 Å². The SMILES string of the molecule is NCCc1ccc(NC(=O)c2cncc(F)c2)cc1. The standard InChI is InChI=1S/C14H14FN3O/c15-12-7-11(8-17-9-12)14(19)18-13-3-1-10(2-4-13)5-6-16/h1-4,7-9H,5-6,16H2,(H,18,19). The van der Waals surface area contributed by atoms with Crippen molar-refractivity contribution in [1.29, 1.82) is 0 Å². The summed E-state index contributed by atoms with van der Waals surface area (Å²) in [6, 6.07) is 8.51. The van der Waals surface area contributed by atoms with Crippen LogP contribution < -0.4 is 11.1 Å². The lowest BCUT2D eigenvalue weighted by atomic mass is 10.1. The van der Waals surface area contributed by atoms with E-state index in [0.717, 1.165) is 24.2 Å². The number of hydrogen-bond acceptors (Lipinski definition) is 3. The molecule has 1 amide bonds. The fraction of sp³-hybridized carbons (Fsp3) is 0.143. The predicted molar refractivity (Wildman–Crippen MR) is 71.3 cm³/mol. The maximum Gasteiger partial charge on any atom is 0.257 e. The number of anilines is 1. The van der Waals surface area contributed by atoms with Crippen molar-refractivity contribution in [3.05, 3.63) is 59.7 Å². The Morgan fingerprint density at radius 1 is 1.26 bits per heavy atom. The average Bonchev–Trinajstić information content (AvgIpc) is 2.41. The van der Waals surface area contributed by atoms with Crippen molar-refractivity contribution in [2.75, 3.05) is 11.9 Å². The molecule has 5 heteroatoms. The van der Waals surface area contributed by atoms with E-state index in [1.54, 1.807) is 12.1 Å². The Labute approximate surface area is 110 Å². The van der Waals surface area contributed by atoms with Crippen LogP contribution in [0.3, 0.4) is 0 Å². The van der Waals surface area contributed by atoms with Crippen LogP contribution in [0.1, 0.15) is 15.9 Å². The summed E-state index contributed by atoms with van der Waals surface area (Å²) in [5.74, 6) is -0.926. The van der Waals surface area contributed by atoms with Crippen molar-refractivity contribution >= 4 is 11.6 Å². The number of amides is 1. The molecule has 0 bridgehead atoms. The van der Waals surface area contributed by atoms with E-state index in [1.165, 1.54) is 6.20 Å². The van der Waals surface area contributed by atoms with Crippen LogP contribution in [0.5, 0.6) is 0 Å². The fourth-order valence-corrected chi connectivity index (χ4v) is 1.66. The van der Waals surface area contributed by atoms with Gasteiger partial charge in [0.25, 0.3) is 5.91 Å². The van der Waals surface area contributed by atoms with Crippen molar-refractivity contribution in [2.45, 2.75) is 6.42 Å². The number of hydrogen-bond donors (Lipinski definition) is 2. The van der Waals surface area contributed by atoms with Gasteiger partial charge in [-0.1, -0.05) is 12.1 Å². The number of pyridine rings is 1. The third kappa shape index (κ3) is 3.59. The highest BCUT2D eigenvalue weighted by molar-refractivity contribution is 6.04. The maximum absolute atomic E-state index is 12.9. The molecule has 0 saturated carbocycles. The first-order chi connectivity index (χ1) is 9.19. The quantitative estimate of drug-likeness (QED) is 0.882. The normalized spacial score (nSPS) is 10.2. The Bertz CT molecular complexity index is 569. The second kappa shape index (κ2) is 6.06. The number of nitrogens with one attached hydrogen (secondary N) is 1. The summed E-state index contributed by atoms with van der Waals surface area (Å²) in [5.41, 5.74) is 7.40. The molecule has 4 nitrogen and oxygen atoms in total. The lowest BCUT2D eigenvalue weighted by Gasteiger charge is -2.06. The lowest BCUT2D eigenvalue weighted by molar-refractivity contribution is 0.102. The summed E-state index contributed by atoms with van der Waals surface area (Å²) in [5, 5.41) is 2.68. The van der Waals surface area contributed by atoms with Crippen LogP contribution in [0.25, 0.3) is 0 Å². The molecule has 0 radical (unpaired) electrons. The number of nitrogens with two attached hydrogens (primary N) is 1. The van der Waals surface area contributed by atoms with Crippen LogP contribution >= 0.6 is 0 Å². The summed E-state index contributed by atoms with van der Waals surface area (Å²) in [7, 11) is 0. The summed E-state index contributed by atoms with van der Waals surface area (Å²) in [6.45, 7) is 0.584. The van der Waals surface area contributed by atoms with Gasteiger partial charge in [-0.2, -0.15) is 0 Å². The number of halogens is 1. The minimum Gasteiger partial charge on any atom is -0.330 e. The zero-order chi connectivity index (χ0) is 13.7. The molecule has 1 heterocycles. The molecule has 3 N–H and O–H groups in total. The van der Waals surface area contributed by atoms with E-state index in [4.69, 9.17) is 5.73 Å². The Morgan fingerprint density at radius 2 is 2.00 bits per heavy atom. The Kier molecular flexibility index (Phi) is 4.20. The van der Waals surface area contributed by atoms with E-state index < -0.39 is 11.7 Å². The molecule has 1 aromatic carbocycles. The maximum atomic E-state index is 12.9. The smallest absolute Gasteiger partial charge is 0.257 e. The molecule has 19 heavy (non-hydrogen) atoms. The van der Waals surface area contributed by atoms with E-state index in [0.29, 0.717) is 12.2 Å². The summed E-state index contributed by atoms with van der Waals surface area (Å²) >= 11 is 0. The van der Waals surface area contributed by atoms with E-state index in [1.807, 2.05) is 12.1 Å². The summed E-state index contributed by atoms with van der Waals surface area (Å²) < 4.78 is 12.9. The van der Waals surface area contributed by atoms with Crippen LogP contribution in [0, 0.1) is 5.82 Å². The van der Waals surface area contributed by atoms with Crippen molar-refractivity contribution in [3.8, 4) is 0 Å². The van der Waals surface area contributed by atoms with Gasteiger partial charge in [-0.15, -0.1) is 0 Å². The van der Waals surface area contributed by atoms with Gasteiger partial charge in [0.15, 0.2) is 0 Å². The topological polar surface area (TPSA) is 68.0 Å². The second-order valence-electron chi connectivity index (χ2n) is 4.08. The number of carbonyl (C=O) groups is 1. The summed E-state index contributed by atoms with van der Waals surface area (Å²) in [4.78, 5) is 15.5. The van der Waals surface area contributed by atoms with Gasteiger partial charge in [0.2, 0.25) is 0 Å². The van der Waals surface area contributed by atoms with Gasteiger partial charge in [0.1, 0.15) is 5.82 Å². The van der Waals surface area contributed by atoms with Crippen molar-refractivity contribution in [2.24, 2.45) is 5.73 Å². The molecule has 0 fully saturated rings. The van der Waals surface area contributed by atoms with Gasteiger partial charge in [0.05, 0.1) is 11.8 Å². The molecule has 0 aliphatic heterocycles. The molecule has 1 aromatic heterocycles. The largest absolute Gasteiger partial charge is 0.330 e. The summed E-state index contributed by atoms with van der Waals surface area (Å²) in [6.07, 6.45) is 3.17. The van der Waals surface area contributed by atoms with E-state index in [9.17, 15) is 9.18 Å². The first-order valence-corrected chi connectivity index (χ1v) is 5.90. The molecular formula is C14H14FN3O. The Hall–Kier alpha value is -2.27. The minimum atomic E-state index is -0.536. The first kappa shape index (κ1) is 13.2. The van der Waals surface area contributed by atoms with Crippen LogP contribution in [-0.2, 0) is 6.42 Å². The van der Waals surface area contributed by atoms with Gasteiger partial charge < -0.3 is 11.1 Å². The number of benzene rings is 1. The third-order valence-corrected chi connectivity index (χ3v) is 2.61. The minimum absolute atomic E-state index is 0.186. The van der Waals surface area contributed by atoms with E-state index in [2.05, 4.69) is 10.3 Å². The van der Waals surface area contributed by atoms with Crippen molar-refractivity contribution in [1.82, 2.24) is 4.98 Å². The number of rotatable bonds is 4. The molecular weight excluding hydrogens is 245 g/mol. The van der Waals surface area contributed by atoms with Crippen LogP contribution in [0.4, 0.5) is 10.1 Å². The highest BCUT2D eigenvalue weighted by Gasteiger charge is 2.07. The molecule has 0 aliphatic rings. The van der Waals surface area contributed by atoms with Crippen molar-refractivity contribution in [3.63, 3.8) is 0 Å². The number of aromatic nitrogens is 1. The van der Waals surface area contributed by atoms with E-state index in [-0.39, 0.29) is 5.56 Å². The molecule has 98 valence electrons. The first-order valence-electron chi connectivity index (χ1n) is 5.90. The Morgan fingerprint density at radius 3 is 2.63 bits per heavy atom. The van der Waals surface area contributed by atoms with Gasteiger partial charge >= 0.3 is 0 Å². The number of nitrogens with zero attached hydrogens (tertiary/aromatic N) is 1. The zero-order valence-electron chi connectivity index (χ0n) is 10.3. The molecule has 2 rings (SSSR count). The predicted octanol–water partition coefficient (Wildman–Crippen LogP) is 1.97. The van der Waals surface area contributed by atoms with Crippen LogP contribution in [0.15, 0.2) is 42.7 Å². The van der Waals surface area contributed by atoms with Gasteiger partial charge in [0, 0.05) is 11.9 Å².